The van der Waals surface area contributed by atoms with Crippen LogP contribution < -0.4 is 4.90 Å². The van der Waals surface area contributed by atoms with Gasteiger partial charge < -0.3 is 4.90 Å². The fraction of sp³-hybridized carbons (Fsp3) is 0.125. The summed E-state index contributed by atoms with van der Waals surface area (Å²) in [6, 6.07) is 25.0. The molecule has 3 heterocycles. The third-order valence-electron chi connectivity index (χ3n) is 5.18. The van der Waals surface area contributed by atoms with Crippen LogP contribution in [0.15, 0.2) is 85.2 Å². The van der Waals surface area contributed by atoms with Crippen LogP contribution in [-0.4, -0.2) is 21.5 Å². The molecule has 28 heavy (non-hydrogen) atoms. The number of hydrogen-bond donors (Lipinski definition) is 0. The Labute approximate surface area is 164 Å². The van der Waals surface area contributed by atoms with Crippen LogP contribution in [0.3, 0.4) is 0 Å². The monoisotopic (exact) mass is 364 g/mol. The average molecular weight is 364 g/mol. The highest BCUT2D eigenvalue weighted by atomic mass is 15.2. The molecule has 0 spiro atoms. The van der Waals surface area contributed by atoms with Gasteiger partial charge in [0.1, 0.15) is 5.82 Å². The standard InChI is InChI=1S/C24H20N4/c1-2-7-19(8-3-1)22-16-23(27-24(26-22)20-10-13-25-14-11-20)28-15-12-18-6-4-5-9-21(18)17-28/h1-11,13-14,16H,12,15,17H2. The number of nitrogens with zero attached hydrogens (tertiary/aromatic N) is 4. The largest absolute Gasteiger partial charge is 0.352 e. The van der Waals surface area contributed by atoms with Gasteiger partial charge in [0.25, 0.3) is 0 Å². The van der Waals surface area contributed by atoms with E-state index in [1.807, 2.05) is 30.3 Å². The Bertz CT molecular complexity index is 1040. The van der Waals surface area contributed by atoms with Crippen LogP contribution in [0.4, 0.5) is 5.82 Å². The van der Waals surface area contributed by atoms with Crippen molar-refractivity contribution in [2.75, 3.05) is 11.4 Å². The van der Waals surface area contributed by atoms with Gasteiger partial charge in [0.2, 0.25) is 0 Å². The fourth-order valence-corrected chi connectivity index (χ4v) is 3.67. The van der Waals surface area contributed by atoms with Crippen LogP contribution in [0.1, 0.15) is 11.1 Å². The van der Waals surface area contributed by atoms with E-state index < -0.39 is 0 Å². The Kier molecular flexibility index (Phi) is 4.30. The van der Waals surface area contributed by atoms with Crippen LogP contribution in [0.2, 0.25) is 0 Å². The summed E-state index contributed by atoms with van der Waals surface area (Å²) in [6.07, 6.45) is 4.60. The van der Waals surface area contributed by atoms with Gasteiger partial charge in [-0.1, -0.05) is 54.6 Å². The number of hydrogen-bond acceptors (Lipinski definition) is 4. The molecule has 0 atom stereocenters. The topological polar surface area (TPSA) is 41.9 Å². The second kappa shape index (κ2) is 7.24. The lowest BCUT2D eigenvalue weighted by molar-refractivity contribution is 0.720. The maximum atomic E-state index is 4.91. The summed E-state index contributed by atoms with van der Waals surface area (Å²) < 4.78 is 0. The molecule has 1 aliphatic rings. The molecule has 0 aliphatic carbocycles. The molecule has 0 N–H and O–H groups in total. The molecule has 136 valence electrons. The van der Waals surface area contributed by atoms with E-state index in [2.05, 4.69) is 52.3 Å². The average Bonchev–Trinajstić information content (AvgIpc) is 2.79. The first-order chi connectivity index (χ1) is 13.9. The van der Waals surface area contributed by atoms with Gasteiger partial charge in [0, 0.05) is 42.7 Å². The molecule has 0 saturated carbocycles. The van der Waals surface area contributed by atoms with Gasteiger partial charge in [-0.25, -0.2) is 9.97 Å². The van der Waals surface area contributed by atoms with Gasteiger partial charge in [-0.05, 0) is 29.7 Å². The van der Waals surface area contributed by atoms with Crippen molar-refractivity contribution in [1.29, 1.82) is 0 Å². The summed E-state index contributed by atoms with van der Waals surface area (Å²) in [5.74, 6) is 1.70. The van der Waals surface area contributed by atoms with Crippen molar-refractivity contribution in [2.45, 2.75) is 13.0 Å². The maximum absolute atomic E-state index is 4.91. The summed E-state index contributed by atoms with van der Waals surface area (Å²) in [5.41, 5.74) is 5.83. The maximum Gasteiger partial charge on any atom is 0.162 e. The minimum atomic E-state index is 0.734. The van der Waals surface area contributed by atoms with Crippen molar-refractivity contribution < 1.29 is 0 Å². The molecule has 4 aromatic rings. The molecule has 0 amide bonds. The van der Waals surface area contributed by atoms with E-state index in [1.165, 1.54) is 11.1 Å². The van der Waals surface area contributed by atoms with Crippen LogP contribution in [0, 0.1) is 0 Å². The zero-order valence-electron chi connectivity index (χ0n) is 15.5. The van der Waals surface area contributed by atoms with Crippen LogP contribution in [0.5, 0.6) is 0 Å². The summed E-state index contributed by atoms with van der Waals surface area (Å²) in [5, 5.41) is 0. The van der Waals surface area contributed by atoms with E-state index in [-0.39, 0.29) is 0 Å². The molecule has 2 aromatic carbocycles. The van der Waals surface area contributed by atoms with E-state index >= 15 is 0 Å². The Hall–Kier alpha value is -3.53. The van der Waals surface area contributed by atoms with Crippen molar-refractivity contribution in [3.05, 3.63) is 96.3 Å². The van der Waals surface area contributed by atoms with Gasteiger partial charge in [-0.3, -0.25) is 4.98 Å². The minimum Gasteiger partial charge on any atom is -0.352 e. The number of pyridine rings is 1. The third kappa shape index (κ3) is 3.25. The summed E-state index contributed by atoms with van der Waals surface area (Å²) in [6.45, 7) is 1.83. The molecule has 2 aromatic heterocycles. The van der Waals surface area contributed by atoms with Crippen LogP contribution >= 0.6 is 0 Å². The summed E-state index contributed by atoms with van der Waals surface area (Å²) >= 11 is 0. The molecule has 0 bridgehead atoms. The van der Waals surface area contributed by atoms with Gasteiger partial charge >= 0.3 is 0 Å². The quantitative estimate of drug-likeness (QED) is 0.525. The van der Waals surface area contributed by atoms with Crippen molar-refractivity contribution in [1.82, 2.24) is 15.0 Å². The Morgan fingerprint density at radius 2 is 1.46 bits per heavy atom. The predicted octanol–water partition coefficient (Wildman–Crippen LogP) is 4.77. The normalized spacial score (nSPS) is 13.2. The Morgan fingerprint density at radius 3 is 2.29 bits per heavy atom. The zero-order valence-corrected chi connectivity index (χ0v) is 15.5. The number of benzene rings is 2. The number of fused-ring (bicyclic) bond motifs is 1. The lowest BCUT2D eigenvalue weighted by Crippen LogP contribution is -2.31. The lowest BCUT2D eigenvalue weighted by Gasteiger charge is -2.30. The van der Waals surface area contributed by atoms with Crippen molar-refractivity contribution in [3.8, 4) is 22.6 Å². The molecular formula is C24H20N4. The summed E-state index contributed by atoms with van der Waals surface area (Å²) in [4.78, 5) is 16.2. The Balaban J connectivity index is 1.59. The first kappa shape index (κ1) is 16.6. The lowest BCUT2D eigenvalue weighted by atomic mass is 10.00. The molecular weight excluding hydrogens is 344 g/mol. The molecule has 5 rings (SSSR count). The van der Waals surface area contributed by atoms with Crippen molar-refractivity contribution in [3.63, 3.8) is 0 Å². The second-order valence-corrected chi connectivity index (χ2v) is 6.98. The minimum absolute atomic E-state index is 0.734. The predicted molar refractivity (Wildman–Crippen MR) is 112 cm³/mol. The SMILES string of the molecule is c1ccc(-c2cc(N3CCc4ccccc4C3)nc(-c3ccncc3)n2)cc1. The van der Waals surface area contributed by atoms with Gasteiger partial charge in [0.15, 0.2) is 5.82 Å². The summed E-state index contributed by atoms with van der Waals surface area (Å²) in [7, 11) is 0. The molecule has 0 unspecified atom stereocenters. The fourth-order valence-electron chi connectivity index (χ4n) is 3.67. The molecule has 0 radical (unpaired) electrons. The molecule has 0 fully saturated rings. The molecule has 4 nitrogen and oxygen atoms in total. The highest BCUT2D eigenvalue weighted by Crippen LogP contribution is 2.29. The highest BCUT2D eigenvalue weighted by Gasteiger charge is 2.19. The third-order valence-corrected chi connectivity index (χ3v) is 5.18. The van der Waals surface area contributed by atoms with Crippen molar-refractivity contribution >= 4 is 5.82 Å². The van der Waals surface area contributed by atoms with Crippen LogP contribution in [-0.2, 0) is 13.0 Å². The van der Waals surface area contributed by atoms with E-state index in [1.54, 1.807) is 12.4 Å². The molecule has 4 heteroatoms. The first-order valence-electron chi connectivity index (χ1n) is 9.53. The molecule has 1 aliphatic heterocycles. The van der Waals surface area contributed by atoms with E-state index in [0.717, 1.165) is 48.0 Å². The van der Waals surface area contributed by atoms with E-state index in [0.29, 0.717) is 0 Å². The Morgan fingerprint density at radius 1 is 0.714 bits per heavy atom. The van der Waals surface area contributed by atoms with Gasteiger partial charge in [0.05, 0.1) is 5.69 Å². The number of anilines is 1. The second-order valence-electron chi connectivity index (χ2n) is 6.98. The first-order valence-corrected chi connectivity index (χ1v) is 9.53. The van der Waals surface area contributed by atoms with Crippen molar-refractivity contribution in [2.24, 2.45) is 0 Å². The smallest absolute Gasteiger partial charge is 0.162 e. The number of rotatable bonds is 3. The van der Waals surface area contributed by atoms with Gasteiger partial charge in [-0.15, -0.1) is 0 Å². The van der Waals surface area contributed by atoms with E-state index in [9.17, 15) is 0 Å². The number of aromatic nitrogens is 3. The molecule has 0 saturated heterocycles. The zero-order chi connectivity index (χ0) is 18.8. The van der Waals surface area contributed by atoms with Crippen LogP contribution in [0.25, 0.3) is 22.6 Å². The van der Waals surface area contributed by atoms with E-state index in [4.69, 9.17) is 9.97 Å². The highest BCUT2D eigenvalue weighted by molar-refractivity contribution is 5.68. The van der Waals surface area contributed by atoms with Gasteiger partial charge in [-0.2, -0.15) is 0 Å².